The van der Waals surface area contributed by atoms with Gasteiger partial charge in [0, 0.05) is 12.6 Å². The molecule has 0 amide bonds. The van der Waals surface area contributed by atoms with Crippen LogP contribution in [0, 0.1) is 10.1 Å². The van der Waals surface area contributed by atoms with Crippen molar-refractivity contribution in [2.75, 3.05) is 18.1 Å². The van der Waals surface area contributed by atoms with Crippen LogP contribution in [0.2, 0.25) is 0 Å². The van der Waals surface area contributed by atoms with Gasteiger partial charge in [-0.15, -0.1) is 0 Å². The van der Waals surface area contributed by atoms with Crippen LogP contribution >= 0.6 is 0 Å². The van der Waals surface area contributed by atoms with E-state index in [1.807, 2.05) is 13.8 Å². The topological polar surface area (TPSA) is 104 Å². The van der Waals surface area contributed by atoms with E-state index < -0.39 is 16.6 Å². The number of aliphatic hydroxyl groups is 1. The first-order chi connectivity index (χ1) is 9.97. The highest BCUT2D eigenvalue weighted by atomic mass is 16.6. The summed E-state index contributed by atoms with van der Waals surface area (Å²) in [6.45, 7) is 3.96. The lowest BCUT2D eigenvalue weighted by molar-refractivity contribution is -0.384. The van der Waals surface area contributed by atoms with Crippen LogP contribution in [0.1, 0.15) is 37.0 Å². The summed E-state index contributed by atoms with van der Waals surface area (Å²) in [7, 11) is 0. The number of nitro benzene ring substituents is 1. The summed E-state index contributed by atoms with van der Waals surface area (Å²) in [5, 5.41) is 29.7. The zero-order valence-electron chi connectivity index (χ0n) is 12.2. The lowest BCUT2D eigenvalue weighted by Gasteiger charge is -2.31. The van der Waals surface area contributed by atoms with Gasteiger partial charge in [0.1, 0.15) is 11.3 Å². The molecule has 2 N–H and O–H groups in total. The number of nitro groups is 1. The predicted octanol–water partition coefficient (Wildman–Crippen LogP) is 2.28. The number of rotatable bonds is 8. The minimum Gasteiger partial charge on any atom is -0.477 e. The summed E-state index contributed by atoms with van der Waals surface area (Å²) < 4.78 is 0. The standard InChI is InChI=1S/C14H20N2O5/c1-3-10(4-2)15(8-9-17)12-7-5-6-11(14(18)19)13(12)16(20)21/h5-7,10,17H,3-4,8-9H2,1-2H3,(H,18,19). The maximum atomic E-state index is 11.3. The van der Waals surface area contributed by atoms with Crippen LogP contribution in [-0.2, 0) is 0 Å². The molecule has 0 spiro atoms. The van der Waals surface area contributed by atoms with Gasteiger partial charge >= 0.3 is 11.7 Å². The van der Waals surface area contributed by atoms with Crippen molar-refractivity contribution in [3.05, 3.63) is 33.9 Å². The molecule has 0 atom stereocenters. The lowest BCUT2D eigenvalue weighted by Crippen LogP contribution is -2.37. The van der Waals surface area contributed by atoms with Crippen molar-refractivity contribution in [2.45, 2.75) is 32.7 Å². The summed E-state index contributed by atoms with van der Waals surface area (Å²) in [4.78, 5) is 23.5. The molecule has 0 bridgehead atoms. The third-order valence-corrected chi connectivity index (χ3v) is 3.46. The fraction of sp³-hybridized carbons (Fsp3) is 0.500. The largest absolute Gasteiger partial charge is 0.477 e. The highest BCUT2D eigenvalue weighted by molar-refractivity contribution is 5.95. The predicted molar refractivity (Wildman–Crippen MR) is 78.9 cm³/mol. The molecule has 0 radical (unpaired) electrons. The summed E-state index contributed by atoms with van der Waals surface area (Å²) >= 11 is 0. The Morgan fingerprint density at radius 3 is 2.43 bits per heavy atom. The molecule has 0 aliphatic heterocycles. The Hall–Kier alpha value is -2.15. The average Bonchev–Trinajstić information content (AvgIpc) is 2.46. The highest BCUT2D eigenvalue weighted by Gasteiger charge is 2.29. The maximum Gasteiger partial charge on any atom is 0.342 e. The second-order valence-electron chi connectivity index (χ2n) is 4.62. The molecule has 0 aliphatic rings. The first-order valence-corrected chi connectivity index (χ1v) is 6.86. The van der Waals surface area contributed by atoms with E-state index >= 15 is 0 Å². The molecule has 7 heteroatoms. The molecule has 1 rings (SSSR count). The molecule has 0 aromatic heterocycles. The van der Waals surface area contributed by atoms with E-state index in [9.17, 15) is 20.0 Å². The van der Waals surface area contributed by atoms with Crippen LogP contribution in [0.3, 0.4) is 0 Å². The van der Waals surface area contributed by atoms with Gasteiger partial charge in [-0.05, 0) is 25.0 Å². The van der Waals surface area contributed by atoms with E-state index in [1.54, 1.807) is 4.90 Å². The Morgan fingerprint density at radius 1 is 1.38 bits per heavy atom. The third-order valence-electron chi connectivity index (χ3n) is 3.46. The van der Waals surface area contributed by atoms with Crippen molar-refractivity contribution in [3.8, 4) is 0 Å². The smallest absolute Gasteiger partial charge is 0.342 e. The van der Waals surface area contributed by atoms with Crippen LogP contribution in [0.4, 0.5) is 11.4 Å². The van der Waals surface area contributed by atoms with Crippen LogP contribution in [0.15, 0.2) is 18.2 Å². The minimum absolute atomic E-state index is 0.0000973. The van der Waals surface area contributed by atoms with Crippen molar-refractivity contribution < 1.29 is 19.9 Å². The van der Waals surface area contributed by atoms with E-state index in [2.05, 4.69) is 0 Å². The molecule has 0 heterocycles. The summed E-state index contributed by atoms with van der Waals surface area (Å²) in [6, 6.07) is 4.23. The molecule has 1 aromatic rings. The molecule has 0 fully saturated rings. The summed E-state index contributed by atoms with van der Waals surface area (Å²) in [6.07, 6.45) is 1.48. The zero-order chi connectivity index (χ0) is 16.0. The number of carboxylic acid groups (broad SMARTS) is 1. The van der Waals surface area contributed by atoms with Gasteiger partial charge in [-0.1, -0.05) is 19.9 Å². The number of para-hydroxylation sites is 1. The number of hydrogen-bond acceptors (Lipinski definition) is 5. The van der Waals surface area contributed by atoms with Gasteiger partial charge in [0.05, 0.1) is 11.5 Å². The first kappa shape index (κ1) is 16.9. The van der Waals surface area contributed by atoms with Crippen molar-refractivity contribution >= 4 is 17.3 Å². The maximum absolute atomic E-state index is 11.3. The van der Waals surface area contributed by atoms with Gasteiger partial charge < -0.3 is 15.1 Å². The Bertz CT molecular complexity index is 514. The monoisotopic (exact) mass is 296 g/mol. The number of anilines is 1. The second-order valence-corrected chi connectivity index (χ2v) is 4.62. The Morgan fingerprint density at radius 2 is 2.00 bits per heavy atom. The van der Waals surface area contributed by atoms with Gasteiger partial charge in [0.25, 0.3) is 0 Å². The number of carbonyl (C=O) groups is 1. The molecule has 116 valence electrons. The Balaban J connectivity index is 3.46. The number of benzene rings is 1. The number of nitrogens with zero attached hydrogens (tertiary/aromatic N) is 2. The van der Waals surface area contributed by atoms with Gasteiger partial charge in [0.2, 0.25) is 0 Å². The normalized spacial score (nSPS) is 10.7. The van der Waals surface area contributed by atoms with Crippen LogP contribution in [0.5, 0.6) is 0 Å². The lowest BCUT2D eigenvalue weighted by atomic mass is 10.1. The van der Waals surface area contributed by atoms with Crippen LogP contribution < -0.4 is 4.90 Å². The average molecular weight is 296 g/mol. The number of carboxylic acids is 1. The molecule has 1 aromatic carbocycles. The SMILES string of the molecule is CCC(CC)N(CCO)c1cccc(C(=O)O)c1[N+](=O)[O-]. The van der Waals surface area contributed by atoms with E-state index in [0.29, 0.717) is 0 Å². The Kier molecular flexibility index (Phi) is 6.10. The van der Waals surface area contributed by atoms with Crippen molar-refractivity contribution in [2.24, 2.45) is 0 Å². The van der Waals surface area contributed by atoms with E-state index in [4.69, 9.17) is 5.11 Å². The molecule has 0 unspecified atom stereocenters. The molecule has 21 heavy (non-hydrogen) atoms. The first-order valence-electron chi connectivity index (χ1n) is 6.86. The zero-order valence-corrected chi connectivity index (χ0v) is 12.2. The Labute approximate surface area is 123 Å². The highest BCUT2D eigenvalue weighted by Crippen LogP contribution is 2.34. The van der Waals surface area contributed by atoms with E-state index in [-0.39, 0.29) is 30.4 Å². The van der Waals surface area contributed by atoms with Gasteiger partial charge in [-0.25, -0.2) is 4.79 Å². The molecular formula is C14H20N2O5. The number of aromatic carboxylic acids is 1. The van der Waals surface area contributed by atoms with Gasteiger partial charge in [-0.2, -0.15) is 0 Å². The fourth-order valence-corrected chi connectivity index (χ4v) is 2.46. The molecule has 0 aliphatic carbocycles. The number of aliphatic hydroxyl groups excluding tert-OH is 1. The summed E-state index contributed by atoms with van der Waals surface area (Å²) in [5.41, 5.74) is -0.528. The summed E-state index contributed by atoms with van der Waals surface area (Å²) in [5.74, 6) is -1.34. The second kappa shape index (κ2) is 7.58. The van der Waals surface area contributed by atoms with Crippen LogP contribution in [-0.4, -0.2) is 40.3 Å². The fourth-order valence-electron chi connectivity index (χ4n) is 2.46. The quantitative estimate of drug-likeness (QED) is 0.563. The van der Waals surface area contributed by atoms with Gasteiger partial charge in [-0.3, -0.25) is 10.1 Å². The molecule has 0 saturated carbocycles. The van der Waals surface area contributed by atoms with Crippen molar-refractivity contribution in [1.82, 2.24) is 0 Å². The molecular weight excluding hydrogens is 276 g/mol. The number of hydrogen-bond donors (Lipinski definition) is 2. The molecule has 7 nitrogen and oxygen atoms in total. The molecule has 0 saturated heterocycles. The van der Waals surface area contributed by atoms with Crippen LogP contribution in [0.25, 0.3) is 0 Å². The van der Waals surface area contributed by atoms with E-state index in [1.165, 1.54) is 18.2 Å². The van der Waals surface area contributed by atoms with Crippen molar-refractivity contribution in [3.63, 3.8) is 0 Å². The third kappa shape index (κ3) is 3.69. The van der Waals surface area contributed by atoms with Gasteiger partial charge in [0.15, 0.2) is 0 Å². The minimum atomic E-state index is -1.34. The van der Waals surface area contributed by atoms with E-state index in [0.717, 1.165) is 12.8 Å². The van der Waals surface area contributed by atoms with Crippen molar-refractivity contribution in [1.29, 1.82) is 0 Å².